The number of carbonyl (C=O) groups excluding carboxylic acids is 1. The number of carbonyl (C=O) groups is 1. The minimum Gasteiger partial charge on any atom is -0.330 e. The first-order valence-corrected chi connectivity index (χ1v) is 7.18. The highest BCUT2D eigenvalue weighted by atomic mass is 16.2. The number of anilines is 1. The molecule has 0 bridgehead atoms. The van der Waals surface area contributed by atoms with E-state index < -0.39 is 0 Å². The van der Waals surface area contributed by atoms with Gasteiger partial charge in [-0.05, 0) is 30.9 Å². The van der Waals surface area contributed by atoms with Crippen molar-refractivity contribution in [1.29, 1.82) is 0 Å². The van der Waals surface area contributed by atoms with Crippen molar-refractivity contribution in [3.63, 3.8) is 0 Å². The Kier molecular flexibility index (Phi) is 2.90. The highest BCUT2D eigenvalue weighted by Crippen LogP contribution is 2.47. The molecule has 1 heterocycles. The minimum atomic E-state index is 0.0922. The third kappa shape index (κ3) is 1.79. The Balaban J connectivity index is 2.19. The Morgan fingerprint density at radius 3 is 2.63 bits per heavy atom. The maximum Gasteiger partial charge on any atom is 0.231 e. The van der Waals surface area contributed by atoms with Gasteiger partial charge in [0.15, 0.2) is 0 Å². The summed E-state index contributed by atoms with van der Waals surface area (Å²) in [4.78, 5) is 13.8. The maximum atomic E-state index is 12.0. The lowest BCUT2D eigenvalue weighted by molar-refractivity contribution is -0.117. The molecule has 0 radical (unpaired) electrons. The monoisotopic (exact) mass is 258 g/mol. The summed E-state index contributed by atoms with van der Waals surface area (Å²) in [5, 5.41) is 0. The van der Waals surface area contributed by atoms with E-state index in [9.17, 15) is 4.79 Å². The minimum absolute atomic E-state index is 0.0922. The van der Waals surface area contributed by atoms with Gasteiger partial charge < -0.3 is 10.6 Å². The van der Waals surface area contributed by atoms with Crippen molar-refractivity contribution in [3.8, 4) is 0 Å². The zero-order chi connectivity index (χ0) is 13.6. The first-order valence-electron chi connectivity index (χ1n) is 7.18. The molecule has 3 rings (SSSR count). The molecule has 0 spiro atoms. The van der Waals surface area contributed by atoms with Crippen LogP contribution in [-0.4, -0.2) is 19.5 Å². The Hall–Kier alpha value is -1.35. The lowest BCUT2D eigenvalue weighted by Crippen LogP contribution is -2.34. The van der Waals surface area contributed by atoms with Gasteiger partial charge in [-0.1, -0.05) is 30.5 Å². The second-order valence-electron chi connectivity index (χ2n) is 6.14. The number of benzene rings is 1. The van der Waals surface area contributed by atoms with Gasteiger partial charge >= 0.3 is 0 Å². The Morgan fingerprint density at radius 2 is 2.00 bits per heavy atom. The number of rotatable bonds is 2. The Bertz CT molecular complexity index is 530. The van der Waals surface area contributed by atoms with Gasteiger partial charge in [-0.15, -0.1) is 0 Å². The predicted molar refractivity (Wildman–Crippen MR) is 77.5 cm³/mol. The standard InChI is InChI=1S/C16H22N2O/c1-11-7-12-9-14(19)18(2)15(12)13(8-11)16(10-17)5-3-4-6-16/h7-8H,3-6,9-10,17H2,1-2H3. The molecule has 3 heteroatoms. The zero-order valence-electron chi connectivity index (χ0n) is 11.8. The SMILES string of the molecule is Cc1cc2c(c(C3(CN)CCCC3)c1)N(C)C(=O)C2. The van der Waals surface area contributed by atoms with Crippen LogP contribution in [0.5, 0.6) is 0 Å². The average molecular weight is 258 g/mol. The fourth-order valence-electron chi connectivity index (χ4n) is 3.83. The molecule has 2 N–H and O–H groups in total. The van der Waals surface area contributed by atoms with Crippen LogP contribution in [0.15, 0.2) is 12.1 Å². The summed E-state index contributed by atoms with van der Waals surface area (Å²) in [6.07, 6.45) is 5.35. The van der Waals surface area contributed by atoms with Gasteiger partial charge in [0, 0.05) is 19.0 Å². The van der Waals surface area contributed by atoms with Crippen LogP contribution < -0.4 is 10.6 Å². The third-order valence-corrected chi connectivity index (χ3v) is 4.91. The second kappa shape index (κ2) is 4.34. The van der Waals surface area contributed by atoms with Gasteiger partial charge in [0.2, 0.25) is 5.91 Å². The lowest BCUT2D eigenvalue weighted by Gasteiger charge is -2.32. The van der Waals surface area contributed by atoms with Crippen molar-refractivity contribution >= 4 is 11.6 Å². The molecule has 1 fully saturated rings. The zero-order valence-corrected chi connectivity index (χ0v) is 11.8. The maximum absolute atomic E-state index is 12.0. The van der Waals surface area contributed by atoms with Gasteiger partial charge in [-0.25, -0.2) is 0 Å². The van der Waals surface area contributed by atoms with Crippen LogP contribution >= 0.6 is 0 Å². The van der Waals surface area contributed by atoms with E-state index in [1.54, 1.807) is 0 Å². The Labute approximate surface area is 114 Å². The van der Waals surface area contributed by atoms with Crippen molar-refractivity contribution < 1.29 is 4.79 Å². The summed E-state index contributed by atoms with van der Waals surface area (Å²) in [7, 11) is 1.90. The van der Waals surface area contributed by atoms with Crippen molar-refractivity contribution in [3.05, 3.63) is 28.8 Å². The number of hydrogen-bond donors (Lipinski definition) is 1. The van der Waals surface area contributed by atoms with Crippen LogP contribution in [0.4, 0.5) is 5.69 Å². The van der Waals surface area contributed by atoms with Gasteiger partial charge in [-0.2, -0.15) is 0 Å². The van der Waals surface area contributed by atoms with E-state index >= 15 is 0 Å². The van der Waals surface area contributed by atoms with Crippen LogP contribution in [-0.2, 0) is 16.6 Å². The normalized spacial score (nSPS) is 21.0. The number of nitrogens with two attached hydrogens (primary N) is 1. The quantitative estimate of drug-likeness (QED) is 0.884. The molecule has 1 saturated carbocycles. The fourth-order valence-corrected chi connectivity index (χ4v) is 3.83. The third-order valence-electron chi connectivity index (χ3n) is 4.91. The molecule has 1 aromatic rings. The number of aryl methyl sites for hydroxylation is 1. The van der Waals surface area contributed by atoms with Gasteiger partial charge in [0.1, 0.15) is 0 Å². The number of likely N-dealkylation sites (N-methyl/N-ethyl adjacent to an activating group) is 1. The van der Waals surface area contributed by atoms with E-state index in [1.807, 2.05) is 11.9 Å². The molecular formula is C16H22N2O. The van der Waals surface area contributed by atoms with E-state index in [4.69, 9.17) is 5.73 Å². The molecule has 1 aliphatic carbocycles. The summed E-state index contributed by atoms with van der Waals surface area (Å²) in [5.74, 6) is 0.201. The molecule has 2 aliphatic rings. The van der Waals surface area contributed by atoms with Crippen molar-refractivity contribution in [2.24, 2.45) is 5.73 Å². The molecule has 0 unspecified atom stereocenters. The molecule has 1 amide bonds. The first kappa shape index (κ1) is 12.7. The van der Waals surface area contributed by atoms with Crippen LogP contribution in [0.1, 0.15) is 42.4 Å². The number of fused-ring (bicyclic) bond motifs is 1. The van der Waals surface area contributed by atoms with Gasteiger partial charge in [-0.3, -0.25) is 4.79 Å². The van der Waals surface area contributed by atoms with Crippen molar-refractivity contribution in [2.45, 2.75) is 44.4 Å². The van der Waals surface area contributed by atoms with E-state index in [2.05, 4.69) is 19.1 Å². The van der Waals surface area contributed by atoms with Crippen LogP contribution in [0.3, 0.4) is 0 Å². The second-order valence-corrected chi connectivity index (χ2v) is 6.14. The van der Waals surface area contributed by atoms with Crippen LogP contribution in [0, 0.1) is 6.92 Å². The smallest absolute Gasteiger partial charge is 0.231 e. The largest absolute Gasteiger partial charge is 0.330 e. The summed E-state index contributed by atoms with van der Waals surface area (Å²) in [5.41, 5.74) is 11.1. The summed E-state index contributed by atoms with van der Waals surface area (Å²) >= 11 is 0. The Morgan fingerprint density at radius 1 is 1.32 bits per heavy atom. The molecule has 0 saturated heterocycles. The first-order chi connectivity index (χ1) is 9.07. The van der Waals surface area contributed by atoms with Crippen LogP contribution in [0.2, 0.25) is 0 Å². The number of amides is 1. The highest BCUT2D eigenvalue weighted by Gasteiger charge is 2.39. The molecule has 0 atom stereocenters. The van der Waals surface area contributed by atoms with Crippen LogP contribution in [0.25, 0.3) is 0 Å². The van der Waals surface area contributed by atoms with Gasteiger partial charge in [0.25, 0.3) is 0 Å². The molecule has 102 valence electrons. The van der Waals surface area contributed by atoms with Crippen molar-refractivity contribution in [1.82, 2.24) is 0 Å². The molecule has 19 heavy (non-hydrogen) atoms. The topological polar surface area (TPSA) is 46.3 Å². The summed E-state index contributed by atoms with van der Waals surface area (Å²) in [6, 6.07) is 4.41. The van der Waals surface area contributed by atoms with E-state index in [0.29, 0.717) is 13.0 Å². The van der Waals surface area contributed by atoms with Gasteiger partial charge in [0.05, 0.1) is 12.1 Å². The van der Waals surface area contributed by atoms with E-state index in [1.165, 1.54) is 29.5 Å². The predicted octanol–water partition coefficient (Wildman–Crippen LogP) is 2.28. The summed E-state index contributed by atoms with van der Waals surface area (Å²) < 4.78 is 0. The molecule has 0 aromatic heterocycles. The number of nitrogens with zero attached hydrogens (tertiary/aromatic N) is 1. The number of hydrogen-bond acceptors (Lipinski definition) is 2. The van der Waals surface area contributed by atoms with E-state index in [0.717, 1.165) is 18.5 Å². The average Bonchev–Trinajstić information content (AvgIpc) is 2.96. The van der Waals surface area contributed by atoms with Crippen molar-refractivity contribution in [2.75, 3.05) is 18.5 Å². The lowest BCUT2D eigenvalue weighted by atomic mass is 9.76. The fraction of sp³-hybridized carbons (Fsp3) is 0.562. The summed E-state index contributed by atoms with van der Waals surface area (Å²) in [6.45, 7) is 2.80. The molecule has 1 aliphatic heterocycles. The molecule has 3 nitrogen and oxygen atoms in total. The highest BCUT2D eigenvalue weighted by molar-refractivity contribution is 6.02. The van der Waals surface area contributed by atoms with E-state index in [-0.39, 0.29) is 11.3 Å². The molecular weight excluding hydrogens is 236 g/mol. The molecule has 1 aromatic carbocycles.